The molecule has 0 saturated heterocycles. The molecule has 2 atom stereocenters. The van der Waals surface area contributed by atoms with Crippen LogP contribution in [0.1, 0.15) is 20.8 Å². The monoisotopic (exact) mass is 196 g/mol. The highest BCUT2D eigenvalue weighted by atomic mass is 16.5. The van der Waals surface area contributed by atoms with E-state index in [-0.39, 0.29) is 23.2 Å². The van der Waals surface area contributed by atoms with E-state index in [1.165, 1.54) is 7.11 Å². The van der Waals surface area contributed by atoms with Crippen LogP contribution in [0, 0.1) is 17.3 Å². The van der Waals surface area contributed by atoms with Crippen LogP contribution in [0.25, 0.3) is 0 Å². The van der Waals surface area contributed by atoms with Crippen LogP contribution in [0.3, 0.4) is 0 Å². The van der Waals surface area contributed by atoms with E-state index in [0.717, 1.165) is 6.29 Å². The number of carbonyl (C=O) groups excluding carboxylic acids is 2. The van der Waals surface area contributed by atoms with E-state index < -0.39 is 0 Å². The molecule has 0 amide bonds. The maximum Gasteiger partial charge on any atom is 0.309 e. The Kier molecular flexibility index (Phi) is 2.79. The van der Waals surface area contributed by atoms with E-state index in [2.05, 4.69) is 0 Å². The van der Waals surface area contributed by atoms with Crippen LogP contribution in [-0.4, -0.2) is 19.4 Å². The van der Waals surface area contributed by atoms with Gasteiger partial charge < -0.3 is 4.74 Å². The lowest BCUT2D eigenvalue weighted by Gasteiger charge is -1.99. The van der Waals surface area contributed by atoms with Crippen molar-refractivity contribution in [2.24, 2.45) is 17.3 Å². The second-order valence-electron chi connectivity index (χ2n) is 4.38. The van der Waals surface area contributed by atoms with E-state index in [9.17, 15) is 9.59 Å². The molecular formula is C11H16O3. The van der Waals surface area contributed by atoms with Crippen molar-refractivity contribution in [1.29, 1.82) is 0 Å². The Bertz CT molecular complexity index is 289. The molecule has 0 bridgehead atoms. The lowest BCUT2D eigenvalue weighted by Crippen LogP contribution is -2.07. The van der Waals surface area contributed by atoms with Crippen LogP contribution in [0.4, 0.5) is 0 Å². The highest BCUT2D eigenvalue weighted by molar-refractivity contribution is 5.79. The fourth-order valence-corrected chi connectivity index (χ4v) is 1.89. The third-order valence-corrected chi connectivity index (χ3v) is 2.99. The minimum atomic E-state index is -0.185. The third kappa shape index (κ3) is 1.72. The highest BCUT2D eigenvalue weighted by Gasteiger charge is 2.61. The molecule has 0 aliphatic heterocycles. The van der Waals surface area contributed by atoms with Crippen molar-refractivity contribution in [3.63, 3.8) is 0 Å². The molecule has 1 rings (SSSR count). The van der Waals surface area contributed by atoms with Crippen molar-refractivity contribution >= 4 is 12.3 Å². The molecule has 3 nitrogen and oxygen atoms in total. The summed E-state index contributed by atoms with van der Waals surface area (Å²) in [7, 11) is 1.39. The number of carbonyl (C=O) groups is 2. The molecule has 0 radical (unpaired) electrons. The number of aldehydes is 1. The van der Waals surface area contributed by atoms with E-state index in [1.807, 2.05) is 19.9 Å². The zero-order valence-electron chi connectivity index (χ0n) is 9.03. The molecule has 0 aromatic carbocycles. The van der Waals surface area contributed by atoms with Crippen LogP contribution in [0.15, 0.2) is 11.6 Å². The van der Waals surface area contributed by atoms with Gasteiger partial charge in [0.15, 0.2) is 0 Å². The van der Waals surface area contributed by atoms with Crippen molar-refractivity contribution in [1.82, 2.24) is 0 Å². The van der Waals surface area contributed by atoms with Crippen LogP contribution in [-0.2, 0) is 14.3 Å². The predicted molar refractivity (Wildman–Crippen MR) is 52.6 cm³/mol. The number of ether oxygens (including phenoxy) is 1. The molecular weight excluding hydrogens is 180 g/mol. The largest absolute Gasteiger partial charge is 0.469 e. The smallest absolute Gasteiger partial charge is 0.309 e. The van der Waals surface area contributed by atoms with Gasteiger partial charge >= 0.3 is 5.97 Å². The van der Waals surface area contributed by atoms with Gasteiger partial charge in [0.25, 0.3) is 0 Å². The summed E-state index contributed by atoms with van der Waals surface area (Å²) in [4.78, 5) is 21.8. The Morgan fingerprint density at radius 2 is 2.00 bits per heavy atom. The summed E-state index contributed by atoms with van der Waals surface area (Å²) >= 11 is 0. The quantitative estimate of drug-likeness (QED) is 0.391. The van der Waals surface area contributed by atoms with Gasteiger partial charge in [0.2, 0.25) is 0 Å². The van der Waals surface area contributed by atoms with Gasteiger partial charge in [0.1, 0.15) is 6.29 Å². The average molecular weight is 196 g/mol. The summed E-state index contributed by atoms with van der Waals surface area (Å²) in [5, 5.41) is 0. The summed E-state index contributed by atoms with van der Waals surface area (Å²) in [6, 6.07) is 0. The molecule has 1 aliphatic carbocycles. The minimum Gasteiger partial charge on any atom is -0.469 e. The summed E-state index contributed by atoms with van der Waals surface area (Å²) in [5.41, 5.74) is 0.603. The number of hydrogen-bond acceptors (Lipinski definition) is 3. The van der Waals surface area contributed by atoms with Crippen LogP contribution < -0.4 is 0 Å². The van der Waals surface area contributed by atoms with Crippen molar-refractivity contribution in [3.8, 4) is 0 Å². The van der Waals surface area contributed by atoms with Gasteiger partial charge in [-0.25, -0.2) is 0 Å². The molecule has 3 heteroatoms. The molecule has 14 heavy (non-hydrogen) atoms. The molecule has 1 fully saturated rings. The summed E-state index contributed by atoms with van der Waals surface area (Å²) in [6.45, 7) is 5.76. The Hall–Kier alpha value is -1.12. The molecule has 0 unspecified atom stereocenters. The van der Waals surface area contributed by atoms with Gasteiger partial charge in [-0.05, 0) is 23.8 Å². The summed E-state index contributed by atoms with van der Waals surface area (Å²) in [5.74, 6) is -0.141. The van der Waals surface area contributed by atoms with Gasteiger partial charge in [-0.15, -0.1) is 0 Å². The number of methoxy groups -OCH3 is 1. The minimum absolute atomic E-state index is 0.0721. The third-order valence-electron chi connectivity index (χ3n) is 2.99. The lowest BCUT2D eigenvalue weighted by molar-refractivity contribution is -0.143. The van der Waals surface area contributed by atoms with E-state index in [1.54, 1.807) is 6.92 Å². The number of rotatable bonds is 3. The standard InChI is InChI=1S/C11H16O3/c1-7(6-12)5-8-9(10(13)14-4)11(8,2)3/h5-6,8-9H,1-4H3/t8-,9+/m1/s1. The average Bonchev–Trinajstić information content (AvgIpc) is 2.67. The maximum atomic E-state index is 11.3. The summed E-state index contributed by atoms with van der Waals surface area (Å²) in [6.07, 6.45) is 2.66. The fraction of sp³-hybridized carbons (Fsp3) is 0.636. The molecule has 0 N–H and O–H groups in total. The number of esters is 1. The van der Waals surface area contributed by atoms with Crippen molar-refractivity contribution in [2.75, 3.05) is 7.11 Å². The first-order chi connectivity index (χ1) is 6.45. The molecule has 0 aromatic heterocycles. The van der Waals surface area contributed by atoms with Crippen molar-refractivity contribution in [2.45, 2.75) is 20.8 Å². The molecule has 1 aliphatic rings. The zero-order chi connectivity index (χ0) is 10.9. The van der Waals surface area contributed by atoms with Crippen molar-refractivity contribution < 1.29 is 14.3 Å². The van der Waals surface area contributed by atoms with Gasteiger partial charge in [-0.1, -0.05) is 19.9 Å². The van der Waals surface area contributed by atoms with Crippen LogP contribution >= 0.6 is 0 Å². The van der Waals surface area contributed by atoms with Gasteiger partial charge in [0, 0.05) is 0 Å². The SMILES string of the molecule is COC(=O)[C@@H]1[C@@H](C=C(C)C=O)C1(C)C. The second-order valence-corrected chi connectivity index (χ2v) is 4.38. The Morgan fingerprint density at radius 3 is 2.43 bits per heavy atom. The maximum absolute atomic E-state index is 11.3. The first-order valence-corrected chi connectivity index (χ1v) is 4.66. The fourth-order valence-electron chi connectivity index (χ4n) is 1.89. The van der Waals surface area contributed by atoms with E-state index in [0.29, 0.717) is 5.57 Å². The summed E-state index contributed by atoms with van der Waals surface area (Å²) < 4.78 is 4.70. The first-order valence-electron chi connectivity index (χ1n) is 4.66. The van der Waals surface area contributed by atoms with Gasteiger partial charge in [-0.2, -0.15) is 0 Å². The Morgan fingerprint density at radius 1 is 1.43 bits per heavy atom. The second kappa shape index (κ2) is 3.56. The molecule has 1 saturated carbocycles. The van der Waals surface area contributed by atoms with Crippen LogP contribution in [0.2, 0.25) is 0 Å². The van der Waals surface area contributed by atoms with E-state index in [4.69, 9.17) is 4.74 Å². The van der Waals surface area contributed by atoms with E-state index >= 15 is 0 Å². The normalized spacial score (nSPS) is 29.6. The highest BCUT2D eigenvalue weighted by Crippen LogP contribution is 2.59. The Balaban J connectivity index is 2.76. The van der Waals surface area contributed by atoms with Crippen LogP contribution in [0.5, 0.6) is 0 Å². The van der Waals surface area contributed by atoms with Gasteiger partial charge in [-0.3, -0.25) is 9.59 Å². The zero-order valence-corrected chi connectivity index (χ0v) is 9.03. The molecule has 0 aromatic rings. The van der Waals surface area contributed by atoms with Gasteiger partial charge in [0.05, 0.1) is 13.0 Å². The Labute approximate surface area is 84.1 Å². The lowest BCUT2D eigenvalue weighted by atomic mass is 10.1. The number of hydrogen-bond donors (Lipinski definition) is 0. The molecule has 78 valence electrons. The molecule has 0 spiro atoms. The predicted octanol–water partition coefficient (Wildman–Crippen LogP) is 1.58. The topological polar surface area (TPSA) is 43.4 Å². The molecule has 0 heterocycles. The van der Waals surface area contributed by atoms with Crippen molar-refractivity contribution in [3.05, 3.63) is 11.6 Å². The first kappa shape index (κ1) is 11.0. The number of allylic oxidation sites excluding steroid dienone is 2.